The summed E-state index contributed by atoms with van der Waals surface area (Å²) in [5, 5.41) is 10.5. The second kappa shape index (κ2) is 5.25. The standard InChI is InChI=1S/C14H10ClNO2S/c15-10-6-5-9(8-17)13(7-10)19-14-16-11-3-1-2-4-12(11)18-14/h1-7,17H,8H2. The largest absolute Gasteiger partial charge is 0.431 e. The maximum atomic E-state index is 9.32. The third-order valence-electron chi connectivity index (χ3n) is 2.67. The molecule has 1 aromatic heterocycles. The first kappa shape index (κ1) is 12.5. The lowest BCUT2D eigenvalue weighted by molar-refractivity contribution is 0.279. The molecule has 0 radical (unpaired) electrons. The predicted molar refractivity (Wildman–Crippen MR) is 75.5 cm³/mol. The van der Waals surface area contributed by atoms with E-state index in [-0.39, 0.29) is 6.61 Å². The summed E-state index contributed by atoms with van der Waals surface area (Å²) >= 11 is 7.33. The molecule has 0 saturated carbocycles. The Hall–Kier alpha value is -1.49. The van der Waals surface area contributed by atoms with Crippen LogP contribution in [-0.4, -0.2) is 10.1 Å². The molecule has 2 aromatic carbocycles. The summed E-state index contributed by atoms with van der Waals surface area (Å²) in [7, 11) is 0. The lowest BCUT2D eigenvalue weighted by atomic mass is 10.2. The van der Waals surface area contributed by atoms with Crippen molar-refractivity contribution in [1.82, 2.24) is 4.98 Å². The van der Waals surface area contributed by atoms with Crippen molar-refractivity contribution in [2.24, 2.45) is 0 Å². The maximum absolute atomic E-state index is 9.32. The summed E-state index contributed by atoms with van der Waals surface area (Å²) in [6.07, 6.45) is 0. The van der Waals surface area contributed by atoms with Crippen molar-refractivity contribution >= 4 is 34.5 Å². The Morgan fingerprint density at radius 3 is 2.84 bits per heavy atom. The maximum Gasteiger partial charge on any atom is 0.261 e. The highest BCUT2D eigenvalue weighted by atomic mass is 35.5. The first-order valence-corrected chi connectivity index (χ1v) is 6.88. The number of para-hydroxylation sites is 2. The molecule has 0 amide bonds. The molecule has 0 bridgehead atoms. The number of aliphatic hydroxyl groups excluding tert-OH is 1. The smallest absolute Gasteiger partial charge is 0.261 e. The molecule has 0 saturated heterocycles. The molecule has 0 spiro atoms. The van der Waals surface area contributed by atoms with E-state index in [2.05, 4.69) is 4.98 Å². The lowest BCUT2D eigenvalue weighted by Gasteiger charge is -2.04. The van der Waals surface area contributed by atoms with Crippen LogP contribution in [0.25, 0.3) is 11.1 Å². The third kappa shape index (κ3) is 2.61. The van der Waals surface area contributed by atoms with Gasteiger partial charge in [-0.3, -0.25) is 0 Å². The zero-order valence-corrected chi connectivity index (χ0v) is 11.4. The highest BCUT2D eigenvalue weighted by molar-refractivity contribution is 7.99. The Balaban J connectivity index is 1.98. The van der Waals surface area contributed by atoms with Crippen LogP contribution in [0.5, 0.6) is 0 Å². The molecular weight excluding hydrogens is 282 g/mol. The number of benzene rings is 2. The van der Waals surface area contributed by atoms with Gasteiger partial charge >= 0.3 is 0 Å². The van der Waals surface area contributed by atoms with E-state index in [9.17, 15) is 5.11 Å². The fourth-order valence-electron chi connectivity index (χ4n) is 1.74. The molecule has 1 N–H and O–H groups in total. The minimum Gasteiger partial charge on any atom is -0.431 e. The van der Waals surface area contributed by atoms with Crippen LogP contribution in [0, 0.1) is 0 Å². The summed E-state index contributed by atoms with van der Waals surface area (Å²) in [6.45, 7) is -0.0419. The number of nitrogens with zero attached hydrogens (tertiary/aromatic N) is 1. The normalized spacial score (nSPS) is 11.1. The van der Waals surface area contributed by atoms with Gasteiger partial charge in [0.1, 0.15) is 5.52 Å². The fraction of sp³-hybridized carbons (Fsp3) is 0.0714. The van der Waals surface area contributed by atoms with Gasteiger partial charge in [-0.05, 0) is 41.6 Å². The van der Waals surface area contributed by atoms with Gasteiger partial charge in [0.05, 0.1) is 6.61 Å². The number of aromatic nitrogens is 1. The van der Waals surface area contributed by atoms with Crippen molar-refractivity contribution in [2.75, 3.05) is 0 Å². The minimum atomic E-state index is -0.0419. The SMILES string of the molecule is OCc1ccc(Cl)cc1Sc1nc2ccccc2o1. The molecular formula is C14H10ClNO2S. The van der Waals surface area contributed by atoms with Crippen LogP contribution in [0.3, 0.4) is 0 Å². The van der Waals surface area contributed by atoms with Crippen LogP contribution in [0.15, 0.2) is 57.0 Å². The Kier molecular flexibility index (Phi) is 3.46. The molecule has 3 rings (SSSR count). The van der Waals surface area contributed by atoms with E-state index in [1.807, 2.05) is 24.3 Å². The summed E-state index contributed by atoms with van der Waals surface area (Å²) in [6, 6.07) is 12.9. The second-order valence-corrected chi connectivity index (χ2v) is 5.39. The number of hydrogen-bond donors (Lipinski definition) is 1. The van der Waals surface area contributed by atoms with E-state index < -0.39 is 0 Å². The molecule has 19 heavy (non-hydrogen) atoms. The molecule has 0 unspecified atom stereocenters. The van der Waals surface area contributed by atoms with Gasteiger partial charge in [-0.2, -0.15) is 0 Å². The first-order valence-electron chi connectivity index (χ1n) is 5.69. The molecule has 96 valence electrons. The van der Waals surface area contributed by atoms with Gasteiger partial charge in [-0.25, -0.2) is 4.98 Å². The van der Waals surface area contributed by atoms with Crippen LogP contribution in [0.1, 0.15) is 5.56 Å². The number of fused-ring (bicyclic) bond motifs is 1. The molecule has 0 aliphatic heterocycles. The van der Waals surface area contributed by atoms with Crippen LogP contribution in [0.4, 0.5) is 0 Å². The molecule has 0 aliphatic carbocycles. The van der Waals surface area contributed by atoms with Gasteiger partial charge in [0, 0.05) is 9.92 Å². The molecule has 1 heterocycles. The van der Waals surface area contributed by atoms with Crippen molar-refractivity contribution in [3.63, 3.8) is 0 Å². The second-order valence-electron chi connectivity index (χ2n) is 3.96. The zero-order valence-electron chi connectivity index (χ0n) is 9.84. The minimum absolute atomic E-state index is 0.0419. The van der Waals surface area contributed by atoms with E-state index in [1.165, 1.54) is 11.8 Å². The van der Waals surface area contributed by atoms with E-state index >= 15 is 0 Å². The molecule has 0 aliphatic rings. The average molecular weight is 292 g/mol. The predicted octanol–water partition coefficient (Wildman–Crippen LogP) is 4.12. The highest BCUT2D eigenvalue weighted by Gasteiger charge is 2.10. The van der Waals surface area contributed by atoms with E-state index in [0.717, 1.165) is 21.6 Å². The fourth-order valence-corrected chi connectivity index (χ4v) is 2.89. The van der Waals surface area contributed by atoms with Gasteiger partial charge < -0.3 is 9.52 Å². The van der Waals surface area contributed by atoms with Gasteiger partial charge in [-0.1, -0.05) is 29.8 Å². The van der Waals surface area contributed by atoms with Gasteiger partial charge in [0.2, 0.25) is 0 Å². The molecule has 0 fully saturated rings. The van der Waals surface area contributed by atoms with Crippen molar-refractivity contribution in [3.05, 3.63) is 53.1 Å². The van der Waals surface area contributed by atoms with Crippen molar-refractivity contribution in [2.45, 2.75) is 16.7 Å². The summed E-state index contributed by atoms with van der Waals surface area (Å²) in [5.74, 6) is 0. The first-order chi connectivity index (χ1) is 9.26. The highest BCUT2D eigenvalue weighted by Crippen LogP contribution is 2.33. The summed E-state index contributed by atoms with van der Waals surface area (Å²) < 4.78 is 5.64. The van der Waals surface area contributed by atoms with E-state index in [1.54, 1.807) is 18.2 Å². The quantitative estimate of drug-likeness (QED) is 0.788. The Morgan fingerprint density at radius 2 is 2.05 bits per heavy atom. The van der Waals surface area contributed by atoms with Crippen molar-refractivity contribution < 1.29 is 9.52 Å². The summed E-state index contributed by atoms with van der Waals surface area (Å²) in [5.41, 5.74) is 2.37. The third-order valence-corrected chi connectivity index (χ3v) is 3.86. The Morgan fingerprint density at radius 1 is 1.21 bits per heavy atom. The number of halogens is 1. The van der Waals surface area contributed by atoms with E-state index in [4.69, 9.17) is 16.0 Å². The summed E-state index contributed by atoms with van der Waals surface area (Å²) in [4.78, 5) is 5.23. The number of hydrogen-bond acceptors (Lipinski definition) is 4. The van der Waals surface area contributed by atoms with Crippen LogP contribution < -0.4 is 0 Å². The molecule has 3 nitrogen and oxygen atoms in total. The van der Waals surface area contributed by atoms with Crippen molar-refractivity contribution in [3.8, 4) is 0 Å². The monoisotopic (exact) mass is 291 g/mol. The van der Waals surface area contributed by atoms with Crippen LogP contribution in [0.2, 0.25) is 5.02 Å². The van der Waals surface area contributed by atoms with Crippen LogP contribution >= 0.6 is 23.4 Å². The Labute approximate surface area is 119 Å². The lowest BCUT2D eigenvalue weighted by Crippen LogP contribution is -1.87. The molecule has 3 aromatic rings. The van der Waals surface area contributed by atoms with Gasteiger partial charge in [0.15, 0.2) is 5.58 Å². The van der Waals surface area contributed by atoms with E-state index in [0.29, 0.717) is 10.2 Å². The number of oxazole rings is 1. The van der Waals surface area contributed by atoms with Crippen molar-refractivity contribution in [1.29, 1.82) is 0 Å². The van der Waals surface area contributed by atoms with Crippen LogP contribution in [-0.2, 0) is 6.61 Å². The van der Waals surface area contributed by atoms with Gasteiger partial charge in [0.25, 0.3) is 5.22 Å². The van der Waals surface area contributed by atoms with Gasteiger partial charge in [-0.15, -0.1) is 0 Å². The Bertz CT molecular complexity index is 693. The topological polar surface area (TPSA) is 46.3 Å². The zero-order chi connectivity index (χ0) is 13.2. The average Bonchev–Trinajstić information content (AvgIpc) is 2.81. The molecule has 5 heteroatoms. The number of aliphatic hydroxyl groups is 1. The molecule has 0 atom stereocenters. The number of rotatable bonds is 3.